The molecule has 21 heavy (non-hydrogen) atoms. The fourth-order valence-corrected chi connectivity index (χ4v) is 2.50. The fourth-order valence-electron chi connectivity index (χ4n) is 2.28. The molecule has 0 saturated heterocycles. The molecular weight excluding hydrogens is 286 g/mol. The summed E-state index contributed by atoms with van der Waals surface area (Å²) in [7, 11) is 1.95. The molecule has 2 heterocycles. The van der Waals surface area contributed by atoms with Crippen LogP contribution in [0.2, 0.25) is 5.15 Å². The summed E-state index contributed by atoms with van der Waals surface area (Å²) in [5.41, 5.74) is 1.59. The van der Waals surface area contributed by atoms with E-state index in [0.29, 0.717) is 17.3 Å². The SMILES string of the molecule is Cn1ccc(CNC(=O)c2cnc(Cl)c3ccccc23)c1. The number of carbonyl (C=O) groups excluding carboxylic acids is 1. The summed E-state index contributed by atoms with van der Waals surface area (Å²) in [6.07, 6.45) is 5.43. The highest BCUT2D eigenvalue weighted by Crippen LogP contribution is 2.24. The Hall–Kier alpha value is -2.33. The lowest BCUT2D eigenvalue weighted by Crippen LogP contribution is -2.23. The third kappa shape index (κ3) is 2.76. The number of pyridine rings is 1. The number of nitrogens with one attached hydrogen (secondary N) is 1. The third-order valence-electron chi connectivity index (χ3n) is 3.34. The second-order valence-electron chi connectivity index (χ2n) is 4.88. The summed E-state index contributed by atoms with van der Waals surface area (Å²) in [4.78, 5) is 16.4. The van der Waals surface area contributed by atoms with Crippen LogP contribution in [0.5, 0.6) is 0 Å². The molecule has 106 valence electrons. The van der Waals surface area contributed by atoms with Gasteiger partial charge in [0.2, 0.25) is 0 Å². The lowest BCUT2D eigenvalue weighted by molar-refractivity contribution is 0.0952. The van der Waals surface area contributed by atoms with Crippen molar-refractivity contribution in [2.24, 2.45) is 7.05 Å². The van der Waals surface area contributed by atoms with E-state index in [4.69, 9.17) is 11.6 Å². The number of nitrogens with zero attached hydrogens (tertiary/aromatic N) is 2. The molecule has 0 radical (unpaired) electrons. The van der Waals surface area contributed by atoms with Crippen LogP contribution in [0.3, 0.4) is 0 Å². The zero-order valence-corrected chi connectivity index (χ0v) is 12.3. The maximum atomic E-state index is 12.3. The Morgan fingerprint density at radius 3 is 2.76 bits per heavy atom. The van der Waals surface area contributed by atoms with E-state index >= 15 is 0 Å². The summed E-state index contributed by atoms with van der Waals surface area (Å²) >= 11 is 6.06. The summed E-state index contributed by atoms with van der Waals surface area (Å²) in [6, 6.07) is 9.46. The fraction of sp³-hybridized carbons (Fsp3) is 0.125. The average molecular weight is 300 g/mol. The first-order chi connectivity index (χ1) is 10.1. The highest BCUT2D eigenvalue weighted by atomic mass is 35.5. The van der Waals surface area contributed by atoms with E-state index in [2.05, 4.69) is 10.3 Å². The number of aryl methyl sites for hydroxylation is 1. The van der Waals surface area contributed by atoms with Gasteiger partial charge in [-0.3, -0.25) is 4.79 Å². The minimum Gasteiger partial charge on any atom is -0.357 e. The molecule has 5 heteroatoms. The maximum absolute atomic E-state index is 12.3. The predicted octanol–water partition coefficient (Wildman–Crippen LogP) is 3.16. The van der Waals surface area contributed by atoms with Gasteiger partial charge in [0, 0.05) is 37.6 Å². The molecule has 1 N–H and O–H groups in total. The van der Waals surface area contributed by atoms with Crippen molar-refractivity contribution in [3.8, 4) is 0 Å². The second kappa shape index (κ2) is 5.58. The maximum Gasteiger partial charge on any atom is 0.253 e. The zero-order valence-electron chi connectivity index (χ0n) is 11.5. The minimum absolute atomic E-state index is 0.154. The first kappa shape index (κ1) is 13.6. The average Bonchev–Trinajstić information content (AvgIpc) is 2.91. The minimum atomic E-state index is -0.154. The van der Waals surface area contributed by atoms with Gasteiger partial charge >= 0.3 is 0 Å². The van der Waals surface area contributed by atoms with E-state index < -0.39 is 0 Å². The van der Waals surface area contributed by atoms with Gasteiger partial charge in [-0.25, -0.2) is 4.98 Å². The van der Waals surface area contributed by atoms with Crippen molar-refractivity contribution < 1.29 is 4.79 Å². The van der Waals surface area contributed by atoms with Crippen LogP contribution in [-0.4, -0.2) is 15.5 Å². The van der Waals surface area contributed by atoms with Crippen molar-refractivity contribution in [1.29, 1.82) is 0 Å². The lowest BCUT2D eigenvalue weighted by atomic mass is 10.1. The lowest BCUT2D eigenvalue weighted by Gasteiger charge is -2.08. The van der Waals surface area contributed by atoms with Crippen molar-refractivity contribution in [2.45, 2.75) is 6.54 Å². The van der Waals surface area contributed by atoms with Crippen LogP contribution in [0, 0.1) is 0 Å². The van der Waals surface area contributed by atoms with Crippen LogP contribution < -0.4 is 5.32 Å². The van der Waals surface area contributed by atoms with E-state index in [9.17, 15) is 4.79 Å². The van der Waals surface area contributed by atoms with Crippen molar-refractivity contribution in [3.63, 3.8) is 0 Å². The molecular formula is C16H14ClN3O. The number of fused-ring (bicyclic) bond motifs is 1. The van der Waals surface area contributed by atoms with Crippen molar-refractivity contribution in [3.05, 3.63) is 65.2 Å². The van der Waals surface area contributed by atoms with Gasteiger partial charge in [-0.15, -0.1) is 0 Å². The van der Waals surface area contributed by atoms with E-state index in [1.54, 1.807) is 0 Å². The molecule has 0 aliphatic carbocycles. The summed E-state index contributed by atoms with van der Waals surface area (Å²) in [5.74, 6) is -0.154. The molecule has 0 aliphatic heterocycles. The van der Waals surface area contributed by atoms with Crippen LogP contribution in [0.15, 0.2) is 48.9 Å². The normalized spacial score (nSPS) is 10.8. The van der Waals surface area contributed by atoms with Crippen LogP contribution >= 0.6 is 11.6 Å². The molecule has 3 aromatic rings. The number of benzene rings is 1. The highest BCUT2D eigenvalue weighted by Gasteiger charge is 2.12. The monoisotopic (exact) mass is 299 g/mol. The van der Waals surface area contributed by atoms with E-state index in [1.807, 2.05) is 54.3 Å². The molecule has 0 atom stereocenters. The Bertz CT molecular complexity index is 810. The van der Waals surface area contributed by atoms with Crippen LogP contribution in [0.25, 0.3) is 10.8 Å². The molecule has 0 bridgehead atoms. The van der Waals surface area contributed by atoms with E-state index in [1.165, 1.54) is 6.20 Å². The number of hydrogen-bond acceptors (Lipinski definition) is 2. The van der Waals surface area contributed by atoms with Crippen LogP contribution in [0.1, 0.15) is 15.9 Å². The Morgan fingerprint density at radius 2 is 2.05 bits per heavy atom. The van der Waals surface area contributed by atoms with Crippen LogP contribution in [-0.2, 0) is 13.6 Å². The first-order valence-electron chi connectivity index (χ1n) is 6.57. The largest absolute Gasteiger partial charge is 0.357 e. The van der Waals surface area contributed by atoms with Gasteiger partial charge in [-0.1, -0.05) is 35.9 Å². The first-order valence-corrected chi connectivity index (χ1v) is 6.95. The smallest absolute Gasteiger partial charge is 0.253 e. The van der Waals surface area contributed by atoms with Crippen molar-refractivity contribution >= 4 is 28.3 Å². The van der Waals surface area contributed by atoms with Gasteiger partial charge in [-0.2, -0.15) is 0 Å². The summed E-state index contributed by atoms with van der Waals surface area (Å²) < 4.78 is 1.95. The number of rotatable bonds is 3. The molecule has 0 spiro atoms. The van der Waals surface area contributed by atoms with Crippen LogP contribution in [0.4, 0.5) is 0 Å². The van der Waals surface area contributed by atoms with E-state index in [-0.39, 0.29) is 5.91 Å². The molecule has 2 aromatic heterocycles. The summed E-state index contributed by atoms with van der Waals surface area (Å²) in [5, 5.41) is 4.90. The number of halogens is 1. The molecule has 0 unspecified atom stereocenters. The molecule has 1 aromatic carbocycles. The quantitative estimate of drug-likeness (QED) is 0.755. The van der Waals surface area contributed by atoms with Gasteiger partial charge < -0.3 is 9.88 Å². The van der Waals surface area contributed by atoms with E-state index in [0.717, 1.165) is 16.3 Å². The highest BCUT2D eigenvalue weighted by molar-refractivity contribution is 6.34. The number of carbonyl (C=O) groups is 1. The Labute approximate surface area is 127 Å². The topological polar surface area (TPSA) is 46.9 Å². The molecule has 0 saturated carbocycles. The Morgan fingerprint density at radius 1 is 1.29 bits per heavy atom. The number of amides is 1. The molecule has 1 amide bonds. The van der Waals surface area contributed by atoms with Gasteiger partial charge in [-0.05, 0) is 17.0 Å². The third-order valence-corrected chi connectivity index (χ3v) is 3.64. The molecule has 0 aliphatic rings. The van der Waals surface area contributed by atoms with Crippen molar-refractivity contribution in [1.82, 2.24) is 14.9 Å². The zero-order chi connectivity index (χ0) is 14.8. The summed E-state index contributed by atoms with van der Waals surface area (Å²) in [6.45, 7) is 0.483. The van der Waals surface area contributed by atoms with Gasteiger partial charge in [0.15, 0.2) is 0 Å². The van der Waals surface area contributed by atoms with Gasteiger partial charge in [0.25, 0.3) is 5.91 Å². The van der Waals surface area contributed by atoms with Gasteiger partial charge in [0.1, 0.15) is 5.15 Å². The molecule has 3 rings (SSSR count). The number of aromatic nitrogens is 2. The Balaban J connectivity index is 1.86. The second-order valence-corrected chi connectivity index (χ2v) is 5.23. The molecule has 4 nitrogen and oxygen atoms in total. The standard InChI is InChI=1S/C16H14ClN3O/c1-20-7-6-11(10-20)8-19-16(21)14-9-18-15(17)13-5-3-2-4-12(13)14/h2-7,9-10H,8H2,1H3,(H,19,21). The van der Waals surface area contributed by atoms with Crippen molar-refractivity contribution in [2.75, 3.05) is 0 Å². The van der Waals surface area contributed by atoms with Gasteiger partial charge in [0.05, 0.1) is 5.56 Å². The Kier molecular flexibility index (Phi) is 3.62. The number of hydrogen-bond donors (Lipinski definition) is 1. The predicted molar refractivity (Wildman–Crippen MR) is 83.3 cm³/mol. The molecule has 0 fully saturated rings.